The Kier molecular flexibility index (Phi) is 3.58. The molecule has 5 heteroatoms. The highest BCUT2D eigenvalue weighted by Crippen LogP contribution is 2.19. The number of hydrogen-bond acceptors (Lipinski definition) is 3. The Morgan fingerprint density at radius 3 is 2.64 bits per heavy atom. The Bertz CT molecular complexity index is 872. The standard InChI is InChI=1S/C17H14N4O/c1-2-21-15-6-4-3-5-14(15)19-17(21)20-16(22)13-9-7-12(11-18)8-10-13/h3-10H,2H2,1H3,(H,19,20,22). The normalized spacial score (nSPS) is 10.4. The molecule has 0 bridgehead atoms. The first-order chi connectivity index (χ1) is 10.7. The molecule has 1 aromatic heterocycles. The van der Waals surface area contributed by atoms with E-state index in [1.165, 1.54) is 0 Å². The largest absolute Gasteiger partial charge is 0.310 e. The third-order valence-corrected chi connectivity index (χ3v) is 3.47. The quantitative estimate of drug-likeness (QED) is 0.805. The van der Waals surface area contributed by atoms with E-state index in [-0.39, 0.29) is 5.91 Å². The third kappa shape index (κ3) is 2.42. The van der Waals surface area contributed by atoms with Gasteiger partial charge in [-0.1, -0.05) is 12.1 Å². The minimum atomic E-state index is -0.241. The molecule has 0 saturated carbocycles. The zero-order valence-corrected chi connectivity index (χ0v) is 12.1. The minimum Gasteiger partial charge on any atom is -0.310 e. The number of carbonyl (C=O) groups is 1. The van der Waals surface area contributed by atoms with Crippen molar-refractivity contribution >= 4 is 22.9 Å². The lowest BCUT2D eigenvalue weighted by Gasteiger charge is -2.07. The molecule has 0 unspecified atom stereocenters. The fourth-order valence-corrected chi connectivity index (χ4v) is 2.36. The zero-order valence-electron chi connectivity index (χ0n) is 12.1. The monoisotopic (exact) mass is 290 g/mol. The van der Waals surface area contributed by atoms with E-state index in [4.69, 9.17) is 5.26 Å². The molecule has 0 aliphatic carbocycles. The number of amides is 1. The van der Waals surface area contributed by atoms with E-state index in [9.17, 15) is 4.79 Å². The van der Waals surface area contributed by atoms with Gasteiger partial charge in [0, 0.05) is 12.1 Å². The number of rotatable bonds is 3. The van der Waals surface area contributed by atoms with Gasteiger partial charge in [-0.05, 0) is 43.3 Å². The van der Waals surface area contributed by atoms with Crippen molar-refractivity contribution in [1.29, 1.82) is 5.26 Å². The Morgan fingerprint density at radius 1 is 1.23 bits per heavy atom. The Labute approximate surface area is 127 Å². The van der Waals surface area contributed by atoms with Gasteiger partial charge < -0.3 is 4.57 Å². The molecule has 2 aromatic carbocycles. The Hall–Kier alpha value is -3.13. The first-order valence-corrected chi connectivity index (χ1v) is 6.99. The lowest BCUT2D eigenvalue weighted by atomic mass is 10.1. The lowest BCUT2D eigenvalue weighted by molar-refractivity contribution is 0.102. The molecule has 0 aliphatic heterocycles. The lowest BCUT2D eigenvalue weighted by Crippen LogP contribution is -2.15. The number of benzene rings is 2. The van der Waals surface area contributed by atoms with Crippen LogP contribution >= 0.6 is 0 Å². The summed E-state index contributed by atoms with van der Waals surface area (Å²) in [6.07, 6.45) is 0. The van der Waals surface area contributed by atoms with Crippen LogP contribution in [0.3, 0.4) is 0 Å². The van der Waals surface area contributed by atoms with E-state index >= 15 is 0 Å². The number of nitrogens with zero attached hydrogens (tertiary/aromatic N) is 3. The predicted molar refractivity (Wildman–Crippen MR) is 84.5 cm³/mol. The number of nitriles is 1. The van der Waals surface area contributed by atoms with E-state index < -0.39 is 0 Å². The second kappa shape index (κ2) is 5.70. The van der Waals surface area contributed by atoms with Crippen LogP contribution in [0.2, 0.25) is 0 Å². The number of hydrogen-bond donors (Lipinski definition) is 1. The molecule has 5 nitrogen and oxygen atoms in total. The molecule has 1 N–H and O–H groups in total. The first kappa shape index (κ1) is 13.8. The van der Waals surface area contributed by atoms with Crippen molar-refractivity contribution in [3.05, 3.63) is 59.7 Å². The summed E-state index contributed by atoms with van der Waals surface area (Å²) in [5.74, 6) is 0.285. The van der Waals surface area contributed by atoms with Gasteiger partial charge in [0.25, 0.3) is 5.91 Å². The van der Waals surface area contributed by atoms with Crippen molar-refractivity contribution in [2.75, 3.05) is 5.32 Å². The second-order valence-electron chi connectivity index (χ2n) is 4.81. The first-order valence-electron chi connectivity index (χ1n) is 6.99. The van der Waals surface area contributed by atoms with Crippen molar-refractivity contribution in [2.24, 2.45) is 0 Å². The highest BCUT2D eigenvalue weighted by molar-refractivity contribution is 6.04. The molecule has 3 aromatic rings. The molecular formula is C17H14N4O. The fraction of sp³-hybridized carbons (Fsp3) is 0.118. The van der Waals surface area contributed by atoms with Gasteiger partial charge in [-0.25, -0.2) is 4.98 Å². The molecule has 0 atom stereocenters. The Morgan fingerprint density at radius 2 is 1.95 bits per heavy atom. The van der Waals surface area contributed by atoms with E-state index in [0.717, 1.165) is 11.0 Å². The van der Waals surface area contributed by atoms with Crippen LogP contribution in [0, 0.1) is 11.3 Å². The van der Waals surface area contributed by atoms with Crippen molar-refractivity contribution in [3.8, 4) is 6.07 Å². The number of imidazole rings is 1. The van der Waals surface area contributed by atoms with Crippen LogP contribution < -0.4 is 5.32 Å². The van der Waals surface area contributed by atoms with E-state index in [0.29, 0.717) is 23.6 Å². The number of para-hydroxylation sites is 2. The van der Waals surface area contributed by atoms with Crippen LogP contribution in [0.5, 0.6) is 0 Å². The van der Waals surface area contributed by atoms with Crippen LogP contribution in [-0.2, 0) is 6.54 Å². The molecule has 0 aliphatic rings. The maximum Gasteiger partial charge on any atom is 0.257 e. The smallest absolute Gasteiger partial charge is 0.257 e. The third-order valence-electron chi connectivity index (χ3n) is 3.47. The van der Waals surface area contributed by atoms with Crippen LogP contribution in [0.1, 0.15) is 22.8 Å². The van der Waals surface area contributed by atoms with Gasteiger partial charge >= 0.3 is 0 Å². The summed E-state index contributed by atoms with van der Waals surface area (Å²) >= 11 is 0. The molecule has 1 amide bonds. The number of aryl methyl sites for hydroxylation is 1. The summed E-state index contributed by atoms with van der Waals surface area (Å²) in [5.41, 5.74) is 2.85. The summed E-state index contributed by atoms with van der Waals surface area (Å²) in [7, 11) is 0. The Balaban J connectivity index is 1.92. The summed E-state index contributed by atoms with van der Waals surface area (Å²) < 4.78 is 1.96. The maximum atomic E-state index is 12.3. The maximum absolute atomic E-state index is 12.3. The average molecular weight is 290 g/mol. The summed E-state index contributed by atoms with van der Waals surface area (Å²) in [6, 6.07) is 16.3. The number of carbonyl (C=O) groups excluding carboxylic acids is 1. The number of fused-ring (bicyclic) bond motifs is 1. The summed E-state index contributed by atoms with van der Waals surface area (Å²) in [5, 5.41) is 11.6. The van der Waals surface area contributed by atoms with E-state index in [1.807, 2.05) is 41.8 Å². The second-order valence-corrected chi connectivity index (χ2v) is 4.81. The van der Waals surface area contributed by atoms with Gasteiger partial charge in [0.05, 0.1) is 22.7 Å². The molecule has 0 radical (unpaired) electrons. The van der Waals surface area contributed by atoms with Crippen LogP contribution in [0.15, 0.2) is 48.5 Å². The molecule has 0 saturated heterocycles. The van der Waals surface area contributed by atoms with Gasteiger partial charge in [-0.2, -0.15) is 5.26 Å². The van der Waals surface area contributed by atoms with Gasteiger partial charge in [0.15, 0.2) is 0 Å². The SMILES string of the molecule is CCn1c(NC(=O)c2ccc(C#N)cc2)nc2ccccc21. The fourth-order valence-electron chi connectivity index (χ4n) is 2.36. The molecule has 22 heavy (non-hydrogen) atoms. The van der Waals surface area contributed by atoms with E-state index in [2.05, 4.69) is 10.3 Å². The van der Waals surface area contributed by atoms with Crippen LogP contribution in [-0.4, -0.2) is 15.5 Å². The highest BCUT2D eigenvalue weighted by atomic mass is 16.1. The van der Waals surface area contributed by atoms with Crippen molar-refractivity contribution in [3.63, 3.8) is 0 Å². The van der Waals surface area contributed by atoms with Crippen LogP contribution in [0.25, 0.3) is 11.0 Å². The van der Waals surface area contributed by atoms with Gasteiger partial charge in [0.2, 0.25) is 5.95 Å². The highest BCUT2D eigenvalue weighted by Gasteiger charge is 2.13. The number of anilines is 1. The molecule has 0 fully saturated rings. The molecule has 1 heterocycles. The topological polar surface area (TPSA) is 70.7 Å². The average Bonchev–Trinajstić information content (AvgIpc) is 2.91. The summed E-state index contributed by atoms with van der Waals surface area (Å²) in [4.78, 5) is 16.8. The van der Waals surface area contributed by atoms with Crippen molar-refractivity contribution in [1.82, 2.24) is 9.55 Å². The molecular weight excluding hydrogens is 276 g/mol. The predicted octanol–water partition coefficient (Wildman–Crippen LogP) is 3.18. The van der Waals surface area contributed by atoms with Gasteiger partial charge in [-0.3, -0.25) is 10.1 Å². The molecule has 3 rings (SSSR count). The number of aromatic nitrogens is 2. The molecule has 108 valence electrons. The minimum absolute atomic E-state index is 0.241. The van der Waals surface area contributed by atoms with Crippen molar-refractivity contribution in [2.45, 2.75) is 13.5 Å². The zero-order chi connectivity index (χ0) is 15.5. The van der Waals surface area contributed by atoms with Crippen molar-refractivity contribution < 1.29 is 4.79 Å². The van der Waals surface area contributed by atoms with Gasteiger partial charge in [0.1, 0.15) is 0 Å². The summed E-state index contributed by atoms with van der Waals surface area (Å²) in [6.45, 7) is 2.72. The number of nitrogens with one attached hydrogen (secondary N) is 1. The van der Waals surface area contributed by atoms with E-state index in [1.54, 1.807) is 24.3 Å². The molecule has 0 spiro atoms. The van der Waals surface area contributed by atoms with Gasteiger partial charge in [-0.15, -0.1) is 0 Å². The van der Waals surface area contributed by atoms with Crippen LogP contribution in [0.4, 0.5) is 5.95 Å².